The van der Waals surface area contributed by atoms with Gasteiger partial charge in [0.25, 0.3) is 0 Å². The minimum absolute atomic E-state index is 0.0539. The summed E-state index contributed by atoms with van der Waals surface area (Å²) in [6.07, 6.45) is 0.0539. The van der Waals surface area contributed by atoms with Gasteiger partial charge in [0.2, 0.25) is 5.88 Å². The van der Waals surface area contributed by atoms with Crippen LogP contribution in [0.15, 0.2) is 12.1 Å². The first-order valence-corrected chi connectivity index (χ1v) is 4.46. The highest BCUT2D eigenvalue weighted by atomic mass is 19.1. The van der Waals surface area contributed by atoms with Gasteiger partial charge in [0.05, 0.1) is 18.7 Å². The first-order valence-electron chi connectivity index (χ1n) is 4.46. The zero-order valence-electron chi connectivity index (χ0n) is 8.53. The molecule has 0 aliphatic carbocycles. The zero-order chi connectivity index (χ0) is 11.4. The average molecular weight is 213 g/mol. The minimum Gasteiger partial charge on any atom is -0.481 e. The lowest BCUT2D eigenvalue weighted by molar-refractivity contribution is -0.141. The number of rotatable bonds is 4. The van der Waals surface area contributed by atoms with E-state index in [0.717, 1.165) is 0 Å². The van der Waals surface area contributed by atoms with Crippen molar-refractivity contribution in [1.29, 1.82) is 0 Å². The van der Waals surface area contributed by atoms with Crippen LogP contribution in [-0.2, 0) is 11.2 Å². The predicted octanol–water partition coefficient (Wildman–Crippen LogP) is 1.49. The molecule has 4 nitrogen and oxygen atoms in total. The molecule has 82 valence electrons. The van der Waals surface area contributed by atoms with E-state index in [1.807, 2.05) is 0 Å². The maximum Gasteiger partial charge on any atom is 0.306 e. The Morgan fingerprint density at radius 2 is 2.33 bits per heavy atom. The fourth-order valence-electron chi connectivity index (χ4n) is 1.10. The van der Waals surface area contributed by atoms with Crippen molar-refractivity contribution in [3.63, 3.8) is 0 Å². The highest BCUT2D eigenvalue weighted by Gasteiger charge is 2.15. The largest absolute Gasteiger partial charge is 0.481 e. The van der Waals surface area contributed by atoms with Gasteiger partial charge in [-0.25, -0.2) is 9.37 Å². The molecule has 0 fully saturated rings. The van der Waals surface area contributed by atoms with Crippen LogP contribution in [0, 0.1) is 11.7 Å². The van der Waals surface area contributed by atoms with Crippen LogP contribution in [0.3, 0.4) is 0 Å². The fourth-order valence-corrected chi connectivity index (χ4v) is 1.10. The molecule has 15 heavy (non-hydrogen) atoms. The van der Waals surface area contributed by atoms with Gasteiger partial charge in [0.1, 0.15) is 5.82 Å². The van der Waals surface area contributed by atoms with E-state index in [1.165, 1.54) is 26.2 Å². The van der Waals surface area contributed by atoms with Gasteiger partial charge in [-0.2, -0.15) is 0 Å². The molecule has 1 unspecified atom stereocenters. The minimum atomic E-state index is -0.973. The molecule has 0 amide bonds. The van der Waals surface area contributed by atoms with Crippen molar-refractivity contribution in [1.82, 2.24) is 4.98 Å². The predicted molar refractivity (Wildman–Crippen MR) is 51.3 cm³/mol. The van der Waals surface area contributed by atoms with Crippen molar-refractivity contribution < 1.29 is 19.0 Å². The lowest BCUT2D eigenvalue weighted by Gasteiger charge is -2.07. The highest BCUT2D eigenvalue weighted by molar-refractivity contribution is 5.69. The second-order valence-electron chi connectivity index (χ2n) is 3.23. The van der Waals surface area contributed by atoms with Crippen molar-refractivity contribution in [2.45, 2.75) is 13.3 Å². The van der Waals surface area contributed by atoms with E-state index >= 15 is 0 Å². The Morgan fingerprint density at radius 3 is 2.87 bits per heavy atom. The van der Waals surface area contributed by atoms with Crippen LogP contribution in [0.1, 0.15) is 12.6 Å². The van der Waals surface area contributed by atoms with Gasteiger partial charge in [-0.05, 0) is 6.07 Å². The second kappa shape index (κ2) is 4.72. The number of carboxylic acids is 1. The van der Waals surface area contributed by atoms with Crippen LogP contribution in [0.2, 0.25) is 0 Å². The number of pyridine rings is 1. The van der Waals surface area contributed by atoms with Crippen LogP contribution in [0.4, 0.5) is 4.39 Å². The number of nitrogens with zero attached hydrogens (tertiary/aromatic N) is 1. The fraction of sp³-hybridized carbons (Fsp3) is 0.400. The van der Waals surface area contributed by atoms with Crippen molar-refractivity contribution in [2.75, 3.05) is 7.11 Å². The number of aromatic nitrogens is 1. The summed E-state index contributed by atoms with van der Waals surface area (Å²) in [6, 6.07) is 2.61. The third-order valence-corrected chi connectivity index (χ3v) is 2.02. The molecule has 0 aliphatic heterocycles. The molecule has 0 spiro atoms. The molecule has 1 aromatic rings. The molecular formula is C10H12FNO3. The summed E-state index contributed by atoms with van der Waals surface area (Å²) in [5.74, 6) is -1.87. The van der Waals surface area contributed by atoms with E-state index in [2.05, 4.69) is 4.98 Å². The summed E-state index contributed by atoms with van der Waals surface area (Å²) in [5, 5.41) is 8.68. The number of hydrogen-bond donors (Lipinski definition) is 1. The standard InChI is InChI=1S/C10H12FNO3/c1-6(10(13)14)5-8-7(11)3-4-9(12-8)15-2/h3-4,6H,5H2,1-2H3,(H,13,14). The molecule has 1 heterocycles. The summed E-state index contributed by atoms with van der Waals surface area (Å²) < 4.78 is 18.0. The van der Waals surface area contributed by atoms with E-state index in [0.29, 0.717) is 0 Å². The molecule has 0 radical (unpaired) electrons. The number of hydrogen-bond acceptors (Lipinski definition) is 3. The zero-order valence-corrected chi connectivity index (χ0v) is 8.53. The van der Waals surface area contributed by atoms with E-state index in [-0.39, 0.29) is 18.0 Å². The van der Waals surface area contributed by atoms with Gasteiger partial charge in [0, 0.05) is 12.5 Å². The smallest absolute Gasteiger partial charge is 0.306 e. The number of carboxylic acid groups (broad SMARTS) is 1. The van der Waals surface area contributed by atoms with Gasteiger partial charge in [-0.15, -0.1) is 0 Å². The Labute approximate surface area is 86.7 Å². The van der Waals surface area contributed by atoms with Crippen LogP contribution in [-0.4, -0.2) is 23.2 Å². The molecule has 1 rings (SSSR count). The molecule has 1 atom stereocenters. The number of methoxy groups -OCH3 is 1. The summed E-state index contributed by atoms with van der Waals surface area (Å²) in [4.78, 5) is 14.4. The third kappa shape index (κ3) is 2.90. The second-order valence-corrected chi connectivity index (χ2v) is 3.23. The Bertz CT molecular complexity index is 368. The summed E-state index contributed by atoms with van der Waals surface area (Å²) >= 11 is 0. The number of carbonyl (C=O) groups is 1. The van der Waals surface area contributed by atoms with Crippen LogP contribution in [0.5, 0.6) is 5.88 Å². The summed E-state index contributed by atoms with van der Waals surface area (Å²) in [6.45, 7) is 1.50. The van der Waals surface area contributed by atoms with Crippen molar-refractivity contribution in [3.8, 4) is 5.88 Å². The van der Waals surface area contributed by atoms with Gasteiger partial charge in [0.15, 0.2) is 0 Å². The molecular weight excluding hydrogens is 201 g/mol. The molecule has 1 aromatic heterocycles. The SMILES string of the molecule is COc1ccc(F)c(CC(C)C(=O)O)n1. The van der Waals surface area contributed by atoms with E-state index in [4.69, 9.17) is 9.84 Å². The summed E-state index contributed by atoms with van der Waals surface area (Å²) in [7, 11) is 1.42. The number of halogens is 1. The maximum absolute atomic E-state index is 13.2. The van der Waals surface area contributed by atoms with Crippen LogP contribution >= 0.6 is 0 Å². The van der Waals surface area contributed by atoms with Crippen molar-refractivity contribution in [2.24, 2.45) is 5.92 Å². The number of ether oxygens (including phenoxy) is 1. The van der Waals surface area contributed by atoms with Crippen molar-refractivity contribution >= 4 is 5.97 Å². The topological polar surface area (TPSA) is 59.4 Å². The lowest BCUT2D eigenvalue weighted by Crippen LogP contribution is -2.14. The van der Waals surface area contributed by atoms with E-state index in [1.54, 1.807) is 0 Å². The molecule has 1 N–H and O–H groups in total. The molecule has 0 aromatic carbocycles. The first kappa shape index (κ1) is 11.4. The molecule has 0 saturated heterocycles. The monoisotopic (exact) mass is 213 g/mol. The third-order valence-electron chi connectivity index (χ3n) is 2.02. The van der Waals surface area contributed by atoms with Crippen molar-refractivity contribution in [3.05, 3.63) is 23.6 Å². The quantitative estimate of drug-likeness (QED) is 0.823. The van der Waals surface area contributed by atoms with Crippen LogP contribution in [0.25, 0.3) is 0 Å². The molecule has 0 saturated carbocycles. The average Bonchev–Trinajstić information content (AvgIpc) is 2.21. The molecule has 0 bridgehead atoms. The Morgan fingerprint density at radius 1 is 1.67 bits per heavy atom. The molecule has 0 aliphatic rings. The van der Waals surface area contributed by atoms with Gasteiger partial charge >= 0.3 is 5.97 Å². The van der Waals surface area contributed by atoms with E-state index < -0.39 is 17.7 Å². The van der Waals surface area contributed by atoms with Gasteiger partial charge in [-0.3, -0.25) is 4.79 Å². The Balaban J connectivity index is 2.88. The Kier molecular flexibility index (Phi) is 3.60. The lowest BCUT2D eigenvalue weighted by atomic mass is 10.1. The van der Waals surface area contributed by atoms with Crippen LogP contribution < -0.4 is 4.74 Å². The van der Waals surface area contributed by atoms with E-state index in [9.17, 15) is 9.18 Å². The first-order chi connectivity index (χ1) is 7.04. The van der Waals surface area contributed by atoms with Gasteiger partial charge in [-0.1, -0.05) is 6.92 Å². The highest BCUT2D eigenvalue weighted by Crippen LogP contribution is 2.15. The number of aliphatic carboxylic acids is 1. The summed E-state index contributed by atoms with van der Waals surface area (Å²) in [5.41, 5.74) is 0.115. The Hall–Kier alpha value is -1.65. The molecule has 5 heteroatoms. The van der Waals surface area contributed by atoms with Gasteiger partial charge < -0.3 is 9.84 Å². The maximum atomic E-state index is 13.2. The normalized spacial score (nSPS) is 12.2.